The molecule has 0 unspecified atom stereocenters. The van der Waals surface area contributed by atoms with Crippen LogP contribution in [-0.4, -0.2) is 66.9 Å². The van der Waals surface area contributed by atoms with E-state index >= 15 is 0 Å². The fourth-order valence-electron chi connectivity index (χ4n) is 3.43. The molecular weight excluding hydrogens is 404 g/mol. The van der Waals surface area contributed by atoms with Crippen molar-refractivity contribution in [1.29, 1.82) is 0 Å². The van der Waals surface area contributed by atoms with E-state index in [-0.39, 0.29) is 30.4 Å². The van der Waals surface area contributed by atoms with E-state index < -0.39 is 5.97 Å². The molecule has 1 N–H and O–H groups in total. The Morgan fingerprint density at radius 1 is 1.20 bits per heavy atom. The molecule has 1 saturated heterocycles. The largest absolute Gasteiger partial charge is 0.462 e. The van der Waals surface area contributed by atoms with Gasteiger partial charge in [0, 0.05) is 32.4 Å². The number of pyridine rings is 1. The maximum Gasteiger partial charge on any atom is 0.341 e. The van der Waals surface area contributed by atoms with E-state index in [4.69, 9.17) is 4.74 Å². The number of hydrogen-bond donors (Lipinski definition) is 1. The van der Waals surface area contributed by atoms with Gasteiger partial charge in [0.2, 0.25) is 5.91 Å². The number of thiophene rings is 1. The number of Topliss-reactive ketones (excluding diaryl/α,β-unsaturated/α-hetero) is 1. The normalized spacial score (nSPS) is 14.4. The number of rotatable bonds is 7. The molecule has 1 aliphatic heterocycles. The van der Waals surface area contributed by atoms with Crippen LogP contribution in [0.15, 0.2) is 24.4 Å². The van der Waals surface area contributed by atoms with Crippen LogP contribution in [-0.2, 0) is 9.53 Å². The Hall–Kier alpha value is -2.78. The van der Waals surface area contributed by atoms with E-state index in [1.807, 2.05) is 18.2 Å². The minimum atomic E-state index is -0.530. The molecule has 0 atom stereocenters. The van der Waals surface area contributed by atoms with Crippen LogP contribution in [0.5, 0.6) is 0 Å². The Bertz CT molecular complexity index is 921. The van der Waals surface area contributed by atoms with Gasteiger partial charge in [-0.25, -0.2) is 9.78 Å². The predicted octanol–water partition coefficient (Wildman–Crippen LogP) is 2.59. The summed E-state index contributed by atoms with van der Waals surface area (Å²) >= 11 is 1.12. The van der Waals surface area contributed by atoms with Gasteiger partial charge in [-0.3, -0.25) is 14.5 Å². The average molecular weight is 431 g/mol. The van der Waals surface area contributed by atoms with Crippen molar-refractivity contribution >= 4 is 39.8 Å². The number of nitrogens with zero attached hydrogens (tertiary/aromatic N) is 3. The molecular formula is C21H26N4O4S. The lowest BCUT2D eigenvalue weighted by atomic mass is 10.1. The molecule has 30 heavy (non-hydrogen) atoms. The van der Waals surface area contributed by atoms with Crippen LogP contribution in [0.2, 0.25) is 0 Å². The molecule has 1 fully saturated rings. The first-order valence-electron chi connectivity index (χ1n) is 9.90. The number of hydrogen-bond acceptors (Lipinski definition) is 8. The van der Waals surface area contributed by atoms with Crippen molar-refractivity contribution < 1.29 is 19.1 Å². The first kappa shape index (κ1) is 21.9. The highest BCUT2D eigenvalue weighted by Crippen LogP contribution is 2.34. The summed E-state index contributed by atoms with van der Waals surface area (Å²) in [6, 6.07) is 5.82. The zero-order valence-corrected chi connectivity index (χ0v) is 18.3. The first-order chi connectivity index (χ1) is 14.4. The van der Waals surface area contributed by atoms with Crippen LogP contribution in [0.3, 0.4) is 0 Å². The third kappa shape index (κ3) is 5.03. The van der Waals surface area contributed by atoms with Gasteiger partial charge in [-0.15, -0.1) is 11.3 Å². The number of aromatic nitrogens is 1. The number of carbonyl (C=O) groups is 3. The van der Waals surface area contributed by atoms with E-state index in [0.29, 0.717) is 15.4 Å². The number of amides is 1. The molecule has 3 heterocycles. The van der Waals surface area contributed by atoms with Crippen molar-refractivity contribution in [3.8, 4) is 0 Å². The molecule has 0 bridgehead atoms. The van der Waals surface area contributed by atoms with E-state index in [0.717, 1.165) is 43.3 Å². The summed E-state index contributed by atoms with van der Waals surface area (Å²) in [4.78, 5) is 46.0. The van der Waals surface area contributed by atoms with Crippen LogP contribution in [0.25, 0.3) is 0 Å². The zero-order valence-electron chi connectivity index (χ0n) is 17.4. The summed E-state index contributed by atoms with van der Waals surface area (Å²) in [5.74, 6) is 0.0434. The van der Waals surface area contributed by atoms with E-state index in [9.17, 15) is 14.4 Å². The summed E-state index contributed by atoms with van der Waals surface area (Å²) in [5.41, 5.74) is 0.811. The molecule has 2 aromatic rings. The van der Waals surface area contributed by atoms with Gasteiger partial charge in [-0.2, -0.15) is 0 Å². The molecule has 0 saturated carbocycles. The second-order valence-corrected chi connectivity index (χ2v) is 8.06. The molecule has 0 radical (unpaired) electrons. The maximum absolute atomic E-state index is 12.6. The first-order valence-corrected chi connectivity index (χ1v) is 10.7. The van der Waals surface area contributed by atoms with Crippen molar-refractivity contribution in [3.05, 3.63) is 40.4 Å². The van der Waals surface area contributed by atoms with E-state index in [1.54, 1.807) is 20.0 Å². The molecule has 8 nitrogen and oxygen atoms in total. The molecule has 2 aromatic heterocycles. The monoisotopic (exact) mass is 430 g/mol. The fraction of sp³-hybridized carbons (Fsp3) is 0.429. The van der Waals surface area contributed by atoms with Crippen molar-refractivity contribution in [2.45, 2.75) is 20.8 Å². The fourth-order valence-corrected chi connectivity index (χ4v) is 4.54. The smallest absolute Gasteiger partial charge is 0.341 e. The molecule has 0 aliphatic carbocycles. The van der Waals surface area contributed by atoms with E-state index in [1.165, 1.54) is 6.92 Å². The number of ether oxygens (including phenoxy) is 1. The number of ketones is 1. The average Bonchev–Trinajstić information content (AvgIpc) is 3.05. The second-order valence-electron chi connectivity index (χ2n) is 7.04. The Kier molecular flexibility index (Phi) is 7.17. The van der Waals surface area contributed by atoms with Crippen LogP contribution in [0, 0.1) is 6.92 Å². The predicted molar refractivity (Wildman–Crippen MR) is 117 cm³/mol. The summed E-state index contributed by atoms with van der Waals surface area (Å²) in [6.07, 6.45) is 1.77. The Morgan fingerprint density at radius 2 is 1.93 bits per heavy atom. The Balaban J connectivity index is 1.63. The molecule has 160 valence electrons. The third-order valence-electron chi connectivity index (χ3n) is 4.91. The lowest BCUT2D eigenvalue weighted by Crippen LogP contribution is -2.48. The van der Waals surface area contributed by atoms with Crippen molar-refractivity contribution in [1.82, 2.24) is 9.88 Å². The SMILES string of the molecule is CCOC(=O)c1c(NC(=O)CN2CCN(c3ccccn3)CC2)sc(C(C)=O)c1C. The lowest BCUT2D eigenvalue weighted by molar-refractivity contribution is -0.117. The van der Waals surface area contributed by atoms with Crippen molar-refractivity contribution in [2.75, 3.05) is 49.5 Å². The highest BCUT2D eigenvalue weighted by atomic mass is 32.1. The number of anilines is 2. The van der Waals surface area contributed by atoms with Gasteiger partial charge >= 0.3 is 5.97 Å². The van der Waals surface area contributed by atoms with Crippen LogP contribution < -0.4 is 10.2 Å². The summed E-state index contributed by atoms with van der Waals surface area (Å²) in [5, 5.41) is 3.18. The minimum Gasteiger partial charge on any atom is -0.462 e. The van der Waals surface area contributed by atoms with Gasteiger partial charge < -0.3 is 15.0 Å². The van der Waals surface area contributed by atoms with E-state index in [2.05, 4.69) is 20.1 Å². The van der Waals surface area contributed by atoms with Gasteiger partial charge in [0.05, 0.1) is 23.6 Å². The summed E-state index contributed by atoms with van der Waals surface area (Å²) < 4.78 is 5.11. The van der Waals surface area contributed by atoms with Gasteiger partial charge in [-0.05, 0) is 38.5 Å². The second kappa shape index (κ2) is 9.82. The molecule has 1 amide bonds. The minimum absolute atomic E-state index is 0.144. The molecule has 3 rings (SSSR count). The van der Waals surface area contributed by atoms with Crippen LogP contribution in [0.1, 0.15) is 39.4 Å². The molecule has 0 spiro atoms. The van der Waals surface area contributed by atoms with Crippen LogP contribution in [0.4, 0.5) is 10.8 Å². The molecule has 1 aliphatic rings. The topological polar surface area (TPSA) is 91.8 Å². The van der Waals surface area contributed by atoms with Crippen molar-refractivity contribution in [3.63, 3.8) is 0 Å². The van der Waals surface area contributed by atoms with Gasteiger partial charge in [-0.1, -0.05) is 6.07 Å². The number of piperazine rings is 1. The summed E-state index contributed by atoms with van der Waals surface area (Å²) in [7, 11) is 0. The van der Waals surface area contributed by atoms with Gasteiger partial charge in [0.15, 0.2) is 5.78 Å². The quantitative estimate of drug-likeness (QED) is 0.533. The number of carbonyl (C=O) groups excluding carboxylic acids is 3. The number of esters is 1. The third-order valence-corrected chi connectivity index (χ3v) is 6.22. The number of nitrogens with one attached hydrogen (secondary N) is 1. The molecule has 9 heteroatoms. The summed E-state index contributed by atoms with van der Waals surface area (Å²) in [6.45, 7) is 8.33. The Labute approximate surface area is 179 Å². The standard InChI is InChI=1S/C21H26N4O4S/c1-4-29-21(28)18-14(2)19(15(3)26)30-20(18)23-17(27)13-24-9-11-25(12-10-24)16-7-5-6-8-22-16/h5-8H,4,9-13H2,1-3H3,(H,23,27). The van der Waals surface area contributed by atoms with Crippen molar-refractivity contribution in [2.24, 2.45) is 0 Å². The van der Waals surface area contributed by atoms with Gasteiger partial charge in [0.25, 0.3) is 0 Å². The maximum atomic E-state index is 12.6. The Morgan fingerprint density at radius 3 is 2.53 bits per heavy atom. The van der Waals surface area contributed by atoms with Gasteiger partial charge in [0.1, 0.15) is 10.8 Å². The zero-order chi connectivity index (χ0) is 21.7. The molecule has 0 aromatic carbocycles. The highest BCUT2D eigenvalue weighted by molar-refractivity contribution is 7.18. The highest BCUT2D eigenvalue weighted by Gasteiger charge is 2.26. The lowest BCUT2D eigenvalue weighted by Gasteiger charge is -2.34. The van der Waals surface area contributed by atoms with Crippen LogP contribution >= 0.6 is 11.3 Å².